The summed E-state index contributed by atoms with van der Waals surface area (Å²) in [6, 6.07) is 0. The second kappa shape index (κ2) is 17.0. The van der Waals surface area contributed by atoms with Crippen molar-refractivity contribution in [2.45, 2.75) is 96.8 Å². The van der Waals surface area contributed by atoms with Gasteiger partial charge in [0.15, 0.2) is 0 Å². The van der Waals surface area contributed by atoms with E-state index in [2.05, 4.69) is 11.4 Å². The van der Waals surface area contributed by atoms with Crippen LogP contribution in [0.25, 0.3) is 0 Å². The van der Waals surface area contributed by atoms with E-state index in [1.165, 1.54) is 44.9 Å². The summed E-state index contributed by atoms with van der Waals surface area (Å²) in [6.07, 6.45) is 14.6. The third-order valence-electron chi connectivity index (χ3n) is 4.05. The Labute approximate surface area is 152 Å². The molecule has 0 fully saturated rings. The fourth-order valence-corrected chi connectivity index (χ4v) is 2.95. The van der Waals surface area contributed by atoms with Crippen LogP contribution in [0.1, 0.15) is 96.8 Å². The second-order valence-electron chi connectivity index (χ2n) is 6.54. The molecule has 0 bridgehead atoms. The van der Waals surface area contributed by atoms with Crippen molar-refractivity contribution in [1.29, 1.82) is 0 Å². The molecule has 0 aliphatic rings. The zero-order valence-corrected chi connectivity index (χ0v) is 16.7. The van der Waals surface area contributed by atoms with Crippen LogP contribution in [0.4, 0.5) is 0 Å². The van der Waals surface area contributed by atoms with E-state index < -0.39 is 7.82 Å². The Hall–Kier alpha value is -0.420. The average Bonchev–Trinajstić information content (AvgIpc) is 2.54. The zero-order valence-electron chi connectivity index (χ0n) is 15.8. The van der Waals surface area contributed by atoms with Crippen LogP contribution in [-0.2, 0) is 18.6 Å². The number of carbonyl (C=O) groups is 1. The number of hydrogen-bond acceptors (Lipinski definition) is 4. The Kier molecular flexibility index (Phi) is 16.7. The molecule has 0 aliphatic carbocycles. The first-order valence-corrected chi connectivity index (χ1v) is 11.3. The highest BCUT2D eigenvalue weighted by Gasteiger charge is 2.12. The molecule has 0 saturated carbocycles. The quantitative estimate of drug-likeness (QED) is 0.195. The highest BCUT2D eigenvalue weighted by Crippen LogP contribution is 2.35. The molecule has 0 aliphatic heterocycles. The molecule has 0 radical (unpaired) electrons. The van der Waals surface area contributed by atoms with Gasteiger partial charge in [-0.15, -0.1) is 0 Å². The normalized spacial score (nSPS) is 11.6. The maximum atomic E-state index is 11.6. The molecule has 0 atom stereocenters. The lowest BCUT2D eigenvalue weighted by Gasteiger charge is -2.06. The van der Waals surface area contributed by atoms with Gasteiger partial charge in [0.25, 0.3) is 0 Å². The van der Waals surface area contributed by atoms with E-state index in [0.717, 1.165) is 32.1 Å². The smallest absolute Gasteiger partial charge is 0.466 e. The van der Waals surface area contributed by atoms with Crippen molar-refractivity contribution in [3.8, 4) is 0 Å². The molecule has 0 aromatic rings. The molecule has 25 heavy (non-hydrogen) atoms. The summed E-state index contributed by atoms with van der Waals surface area (Å²) in [5.74, 6) is -0.118. The molecule has 2 N–H and O–H groups in total. The van der Waals surface area contributed by atoms with Gasteiger partial charge < -0.3 is 14.5 Å². The van der Waals surface area contributed by atoms with E-state index in [1.807, 2.05) is 0 Å². The van der Waals surface area contributed by atoms with Crippen molar-refractivity contribution in [2.75, 3.05) is 13.2 Å². The monoisotopic (exact) mass is 380 g/mol. The molecule has 6 nitrogen and oxygen atoms in total. The van der Waals surface area contributed by atoms with Gasteiger partial charge in [0.2, 0.25) is 0 Å². The van der Waals surface area contributed by atoms with Crippen LogP contribution in [0.3, 0.4) is 0 Å². The highest BCUT2D eigenvalue weighted by molar-refractivity contribution is 7.46. The summed E-state index contributed by atoms with van der Waals surface area (Å²) in [5, 5.41) is 0. The topological polar surface area (TPSA) is 93.1 Å². The number of hydrogen-bond donors (Lipinski definition) is 2. The van der Waals surface area contributed by atoms with Gasteiger partial charge in [-0.3, -0.25) is 9.32 Å². The van der Waals surface area contributed by atoms with E-state index in [1.54, 1.807) is 0 Å². The molecule has 0 aromatic carbocycles. The number of esters is 1. The van der Waals surface area contributed by atoms with Crippen LogP contribution in [0.15, 0.2) is 0 Å². The minimum Gasteiger partial charge on any atom is -0.466 e. The lowest BCUT2D eigenvalue weighted by molar-refractivity contribution is -0.143. The first kappa shape index (κ1) is 24.6. The second-order valence-corrected chi connectivity index (χ2v) is 7.78. The third-order valence-corrected chi connectivity index (χ3v) is 4.56. The van der Waals surface area contributed by atoms with E-state index in [4.69, 9.17) is 14.5 Å². The predicted octanol–water partition coefficient (Wildman–Crippen LogP) is 5.12. The molecule has 0 spiro atoms. The Bertz CT molecular complexity index is 355. The van der Waals surface area contributed by atoms with Gasteiger partial charge in [-0.2, -0.15) is 0 Å². The molecule has 0 saturated heterocycles. The number of carbonyl (C=O) groups excluding carboxylic acids is 1. The van der Waals surface area contributed by atoms with Crippen LogP contribution in [0.2, 0.25) is 0 Å². The van der Waals surface area contributed by atoms with Gasteiger partial charge in [-0.05, 0) is 25.7 Å². The number of unbranched alkanes of at least 4 members (excludes halogenated alkanes) is 11. The molecule has 0 rings (SSSR count). The van der Waals surface area contributed by atoms with Gasteiger partial charge in [-0.1, -0.05) is 64.7 Å². The molecular weight excluding hydrogens is 343 g/mol. The standard InChI is InChI=1S/C18H37O6P/c1-2-3-4-5-6-7-8-9-12-15-18(19)23-16-13-10-11-14-17-24-25(20,21)22/h2-17H2,1H3,(H2,20,21,22). The van der Waals surface area contributed by atoms with Crippen LogP contribution in [0, 0.1) is 0 Å². The van der Waals surface area contributed by atoms with E-state index in [-0.39, 0.29) is 12.6 Å². The van der Waals surface area contributed by atoms with Crippen LogP contribution in [0.5, 0.6) is 0 Å². The Morgan fingerprint density at radius 1 is 0.760 bits per heavy atom. The molecule has 150 valence electrons. The van der Waals surface area contributed by atoms with Crippen molar-refractivity contribution >= 4 is 13.8 Å². The third kappa shape index (κ3) is 21.5. The Balaban J connectivity index is 3.22. The summed E-state index contributed by atoms with van der Waals surface area (Å²) >= 11 is 0. The molecule has 0 aromatic heterocycles. The van der Waals surface area contributed by atoms with Crippen molar-refractivity contribution in [1.82, 2.24) is 0 Å². The van der Waals surface area contributed by atoms with Crippen molar-refractivity contribution in [2.24, 2.45) is 0 Å². The van der Waals surface area contributed by atoms with Crippen molar-refractivity contribution in [3.05, 3.63) is 0 Å². The number of ether oxygens (including phenoxy) is 1. The van der Waals surface area contributed by atoms with Crippen LogP contribution >= 0.6 is 7.82 Å². The molecule has 7 heteroatoms. The largest absolute Gasteiger partial charge is 0.469 e. The molecule has 0 amide bonds. The Morgan fingerprint density at radius 2 is 1.24 bits per heavy atom. The summed E-state index contributed by atoms with van der Waals surface area (Å²) in [4.78, 5) is 28.6. The van der Waals surface area contributed by atoms with E-state index in [0.29, 0.717) is 19.4 Å². The lowest BCUT2D eigenvalue weighted by atomic mass is 10.1. The van der Waals surface area contributed by atoms with Gasteiger partial charge in [0, 0.05) is 6.42 Å². The van der Waals surface area contributed by atoms with E-state index in [9.17, 15) is 9.36 Å². The molecular formula is C18H37O6P. The highest BCUT2D eigenvalue weighted by atomic mass is 31.2. The van der Waals surface area contributed by atoms with Gasteiger partial charge in [-0.25, -0.2) is 4.57 Å². The number of phosphoric acid groups is 1. The van der Waals surface area contributed by atoms with E-state index >= 15 is 0 Å². The minimum atomic E-state index is -4.33. The van der Waals surface area contributed by atoms with Crippen LogP contribution < -0.4 is 0 Å². The number of rotatable bonds is 18. The van der Waals surface area contributed by atoms with Crippen molar-refractivity contribution in [3.63, 3.8) is 0 Å². The van der Waals surface area contributed by atoms with Gasteiger partial charge >= 0.3 is 13.8 Å². The minimum absolute atomic E-state index is 0.0582. The fraction of sp³-hybridized carbons (Fsp3) is 0.944. The fourth-order valence-electron chi connectivity index (χ4n) is 2.58. The SMILES string of the molecule is CCCCCCCCCCCC(=O)OCCCCCCOP(=O)(O)O. The summed E-state index contributed by atoms with van der Waals surface area (Å²) in [7, 11) is -4.33. The Morgan fingerprint density at radius 3 is 1.80 bits per heavy atom. The maximum absolute atomic E-state index is 11.6. The summed E-state index contributed by atoms with van der Waals surface area (Å²) < 4.78 is 20.0. The van der Waals surface area contributed by atoms with Gasteiger partial charge in [0.1, 0.15) is 0 Å². The first-order valence-electron chi connectivity index (χ1n) is 9.81. The summed E-state index contributed by atoms with van der Waals surface area (Å²) in [5.41, 5.74) is 0. The first-order chi connectivity index (χ1) is 12.0. The van der Waals surface area contributed by atoms with Crippen LogP contribution in [-0.4, -0.2) is 29.0 Å². The maximum Gasteiger partial charge on any atom is 0.469 e. The lowest BCUT2D eigenvalue weighted by Crippen LogP contribution is -2.05. The average molecular weight is 380 g/mol. The molecule has 0 unspecified atom stereocenters. The van der Waals surface area contributed by atoms with Crippen molar-refractivity contribution < 1.29 is 28.4 Å². The summed E-state index contributed by atoms with van der Waals surface area (Å²) in [6.45, 7) is 2.71. The zero-order chi connectivity index (χ0) is 18.8. The number of phosphoric ester groups is 1. The predicted molar refractivity (Wildman–Crippen MR) is 99.3 cm³/mol. The molecule has 0 heterocycles. The van der Waals surface area contributed by atoms with Gasteiger partial charge in [0.05, 0.1) is 13.2 Å².